The Labute approximate surface area is 121 Å². The van der Waals surface area contributed by atoms with Gasteiger partial charge in [-0.15, -0.1) is 0 Å². The van der Waals surface area contributed by atoms with Crippen molar-refractivity contribution >= 4 is 40.3 Å². The molecular weight excluding hydrogens is 283 g/mol. The second-order valence-corrected chi connectivity index (χ2v) is 4.89. The quantitative estimate of drug-likeness (QED) is 0.792. The first-order valence-electron chi connectivity index (χ1n) is 5.64. The number of aryl methyl sites for hydroxylation is 1. The van der Waals surface area contributed by atoms with E-state index in [0.29, 0.717) is 10.8 Å². The zero-order valence-corrected chi connectivity index (χ0v) is 11.8. The lowest BCUT2D eigenvalue weighted by atomic mass is 10.2. The molecule has 0 bridgehead atoms. The minimum atomic E-state index is -0.454. The van der Waals surface area contributed by atoms with Crippen LogP contribution in [0.3, 0.4) is 0 Å². The molecule has 98 valence electrons. The van der Waals surface area contributed by atoms with Crippen molar-refractivity contribution in [2.24, 2.45) is 0 Å². The molecule has 19 heavy (non-hydrogen) atoms. The Hall–Kier alpha value is -1.65. The van der Waals surface area contributed by atoms with Crippen molar-refractivity contribution < 1.29 is 4.39 Å². The second kappa shape index (κ2) is 5.99. The van der Waals surface area contributed by atoms with E-state index in [-0.39, 0.29) is 5.02 Å². The van der Waals surface area contributed by atoms with Gasteiger partial charge in [0.1, 0.15) is 5.82 Å². The minimum absolute atomic E-state index is 0.0587. The predicted octanol–water partition coefficient (Wildman–Crippen LogP) is 4.60. The van der Waals surface area contributed by atoms with Gasteiger partial charge >= 0.3 is 0 Å². The van der Waals surface area contributed by atoms with Crippen molar-refractivity contribution in [1.29, 1.82) is 0 Å². The van der Waals surface area contributed by atoms with Gasteiger partial charge in [-0.3, -0.25) is 0 Å². The largest absolute Gasteiger partial charge is 0.332 e. The molecule has 2 N–H and O–H groups in total. The maximum absolute atomic E-state index is 13.0. The Kier molecular flexibility index (Phi) is 4.35. The van der Waals surface area contributed by atoms with Crippen LogP contribution in [0.25, 0.3) is 0 Å². The Morgan fingerprint density at radius 3 is 2.42 bits per heavy atom. The van der Waals surface area contributed by atoms with Crippen molar-refractivity contribution in [3.63, 3.8) is 0 Å². The monoisotopic (exact) mass is 294 g/mol. The number of hydrogen-bond donors (Lipinski definition) is 2. The maximum atomic E-state index is 13.0. The van der Waals surface area contributed by atoms with E-state index in [2.05, 4.69) is 10.6 Å². The van der Waals surface area contributed by atoms with Crippen LogP contribution in [0, 0.1) is 12.7 Å². The molecule has 2 rings (SSSR count). The topological polar surface area (TPSA) is 24.1 Å². The fourth-order valence-electron chi connectivity index (χ4n) is 1.59. The molecule has 0 saturated carbocycles. The molecule has 0 atom stereocenters. The van der Waals surface area contributed by atoms with Gasteiger partial charge in [-0.05, 0) is 55.0 Å². The Morgan fingerprint density at radius 1 is 1.11 bits per heavy atom. The van der Waals surface area contributed by atoms with Gasteiger partial charge in [-0.1, -0.05) is 23.7 Å². The summed E-state index contributed by atoms with van der Waals surface area (Å²) in [5.41, 5.74) is 2.67. The molecule has 0 amide bonds. The van der Waals surface area contributed by atoms with Crippen LogP contribution in [0.5, 0.6) is 0 Å². The zero-order chi connectivity index (χ0) is 13.8. The van der Waals surface area contributed by atoms with E-state index >= 15 is 0 Å². The molecule has 0 saturated heterocycles. The van der Waals surface area contributed by atoms with E-state index in [1.165, 1.54) is 12.1 Å². The highest BCUT2D eigenvalue weighted by molar-refractivity contribution is 7.80. The first-order valence-corrected chi connectivity index (χ1v) is 6.43. The lowest BCUT2D eigenvalue weighted by Crippen LogP contribution is -2.19. The fraction of sp³-hybridized carbons (Fsp3) is 0.0714. The van der Waals surface area contributed by atoms with Crippen LogP contribution >= 0.6 is 23.8 Å². The third-order valence-corrected chi connectivity index (χ3v) is 2.95. The first kappa shape index (κ1) is 13.8. The standard InChI is InChI=1S/C14H12ClFN2S/c1-9-3-2-4-10(7-9)17-14(19)18-11-5-6-13(16)12(15)8-11/h2-8H,1H3,(H2,17,18,19). The summed E-state index contributed by atoms with van der Waals surface area (Å²) >= 11 is 10.9. The summed E-state index contributed by atoms with van der Waals surface area (Å²) in [6.45, 7) is 2.00. The van der Waals surface area contributed by atoms with Gasteiger partial charge < -0.3 is 10.6 Å². The minimum Gasteiger partial charge on any atom is -0.332 e. The fourth-order valence-corrected chi connectivity index (χ4v) is 2.01. The lowest BCUT2D eigenvalue weighted by molar-refractivity contribution is 0.628. The van der Waals surface area contributed by atoms with Crippen LogP contribution in [0.1, 0.15) is 5.56 Å². The number of anilines is 2. The van der Waals surface area contributed by atoms with E-state index in [4.69, 9.17) is 23.8 Å². The van der Waals surface area contributed by atoms with E-state index in [9.17, 15) is 4.39 Å². The molecule has 0 aliphatic heterocycles. The summed E-state index contributed by atoms with van der Waals surface area (Å²) in [5.74, 6) is -0.454. The number of thiocarbonyl (C=S) groups is 1. The van der Waals surface area contributed by atoms with E-state index in [1.54, 1.807) is 6.07 Å². The average Bonchev–Trinajstić information content (AvgIpc) is 2.34. The molecule has 0 spiro atoms. The highest BCUT2D eigenvalue weighted by Crippen LogP contribution is 2.19. The molecule has 0 fully saturated rings. The van der Waals surface area contributed by atoms with Crippen molar-refractivity contribution in [2.75, 3.05) is 10.6 Å². The summed E-state index contributed by atoms with van der Waals surface area (Å²) < 4.78 is 13.0. The Morgan fingerprint density at radius 2 is 1.79 bits per heavy atom. The molecule has 0 aliphatic rings. The normalized spacial score (nSPS) is 10.1. The van der Waals surface area contributed by atoms with Crippen LogP contribution in [-0.2, 0) is 0 Å². The summed E-state index contributed by atoms with van der Waals surface area (Å²) in [4.78, 5) is 0. The molecule has 0 heterocycles. The Balaban J connectivity index is 2.03. The van der Waals surface area contributed by atoms with Crippen LogP contribution in [0.2, 0.25) is 5.02 Å². The molecule has 0 radical (unpaired) electrons. The molecule has 0 aliphatic carbocycles. The highest BCUT2D eigenvalue weighted by Gasteiger charge is 2.03. The summed E-state index contributed by atoms with van der Waals surface area (Å²) in [6, 6.07) is 12.2. The van der Waals surface area contributed by atoms with Gasteiger partial charge in [0.25, 0.3) is 0 Å². The van der Waals surface area contributed by atoms with Gasteiger partial charge in [-0.2, -0.15) is 0 Å². The summed E-state index contributed by atoms with van der Waals surface area (Å²) in [7, 11) is 0. The van der Waals surface area contributed by atoms with E-state index in [0.717, 1.165) is 11.3 Å². The van der Waals surface area contributed by atoms with Crippen molar-refractivity contribution in [2.45, 2.75) is 6.92 Å². The van der Waals surface area contributed by atoms with Gasteiger partial charge in [0.2, 0.25) is 0 Å². The third kappa shape index (κ3) is 3.91. The lowest BCUT2D eigenvalue weighted by Gasteiger charge is -2.11. The number of halogens is 2. The second-order valence-electron chi connectivity index (χ2n) is 4.08. The zero-order valence-electron chi connectivity index (χ0n) is 10.2. The summed E-state index contributed by atoms with van der Waals surface area (Å²) in [6.07, 6.45) is 0. The molecule has 0 unspecified atom stereocenters. The van der Waals surface area contributed by atoms with Gasteiger partial charge in [0, 0.05) is 11.4 Å². The number of rotatable bonds is 2. The van der Waals surface area contributed by atoms with Gasteiger partial charge in [0.15, 0.2) is 5.11 Å². The number of benzene rings is 2. The molecule has 5 heteroatoms. The van der Waals surface area contributed by atoms with Crippen molar-refractivity contribution in [3.05, 3.63) is 58.9 Å². The first-order chi connectivity index (χ1) is 9.04. The SMILES string of the molecule is Cc1cccc(NC(=S)Nc2ccc(F)c(Cl)c2)c1. The van der Waals surface area contributed by atoms with Crippen molar-refractivity contribution in [3.8, 4) is 0 Å². The Bertz CT molecular complexity index is 616. The molecule has 2 nitrogen and oxygen atoms in total. The maximum Gasteiger partial charge on any atom is 0.175 e. The van der Waals surface area contributed by atoms with Crippen LogP contribution in [0.4, 0.5) is 15.8 Å². The van der Waals surface area contributed by atoms with Gasteiger partial charge in [-0.25, -0.2) is 4.39 Å². The highest BCUT2D eigenvalue weighted by atomic mass is 35.5. The molecular formula is C14H12ClFN2S. The van der Waals surface area contributed by atoms with Crippen LogP contribution < -0.4 is 10.6 Å². The van der Waals surface area contributed by atoms with Gasteiger partial charge in [0.05, 0.1) is 5.02 Å². The average molecular weight is 295 g/mol. The van der Waals surface area contributed by atoms with E-state index in [1.807, 2.05) is 31.2 Å². The molecule has 2 aromatic rings. The van der Waals surface area contributed by atoms with Crippen molar-refractivity contribution in [1.82, 2.24) is 0 Å². The smallest absolute Gasteiger partial charge is 0.175 e. The van der Waals surface area contributed by atoms with Crippen LogP contribution in [-0.4, -0.2) is 5.11 Å². The molecule has 0 aromatic heterocycles. The van der Waals surface area contributed by atoms with E-state index < -0.39 is 5.82 Å². The van der Waals surface area contributed by atoms with Crippen LogP contribution in [0.15, 0.2) is 42.5 Å². The molecule has 2 aromatic carbocycles. The summed E-state index contributed by atoms with van der Waals surface area (Å²) in [5, 5.41) is 6.48. The third-order valence-electron chi connectivity index (χ3n) is 2.45. The number of nitrogens with one attached hydrogen (secondary N) is 2. The number of hydrogen-bond acceptors (Lipinski definition) is 1. The predicted molar refractivity (Wildman–Crippen MR) is 82.4 cm³/mol.